The lowest BCUT2D eigenvalue weighted by atomic mass is 10.1. The summed E-state index contributed by atoms with van der Waals surface area (Å²) in [6.45, 7) is 5.08. The van der Waals surface area contributed by atoms with Crippen LogP contribution in [-0.4, -0.2) is 31.4 Å². The highest BCUT2D eigenvalue weighted by molar-refractivity contribution is 5.89. The highest BCUT2D eigenvalue weighted by Crippen LogP contribution is 2.21. The lowest BCUT2D eigenvalue weighted by Gasteiger charge is -2.11. The second-order valence-electron chi connectivity index (χ2n) is 2.63. The van der Waals surface area contributed by atoms with Crippen LogP contribution in [-0.2, 0) is 19.0 Å². The fourth-order valence-electron chi connectivity index (χ4n) is 1.04. The van der Waals surface area contributed by atoms with Crippen LogP contribution in [0.1, 0.15) is 6.92 Å². The third-order valence-corrected chi connectivity index (χ3v) is 1.72. The standard InChI is InChI=1S/C8H10O5/c1-4(7(9)11-3)6-5(2)12-8(10)13-6/h5-6H,1H2,2-3H3. The van der Waals surface area contributed by atoms with Gasteiger partial charge in [0.2, 0.25) is 0 Å². The Morgan fingerprint density at radius 1 is 1.54 bits per heavy atom. The summed E-state index contributed by atoms with van der Waals surface area (Å²) in [5.74, 6) is -0.602. The van der Waals surface area contributed by atoms with Crippen LogP contribution in [0.2, 0.25) is 0 Å². The fourth-order valence-corrected chi connectivity index (χ4v) is 1.04. The Kier molecular flexibility index (Phi) is 2.55. The van der Waals surface area contributed by atoms with Crippen LogP contribution in [0.3, 0.4) is 0 Å². The van der Waals surface area contributed by atoms with Crippen LogP contribution in [0.15, 0.2) is 12.2 Å². The van der Waals surface area contributed by atoms with Crippen LogP contribution in [0.25, 0.3) is 0 Å². The van der Waals surface area contributed by atoms with Gasteiger partial charge in [0.15, 0.2) is 6.10 Å². The van der Waals surface area contributed by atoms with Gasteiger partial charge in [0.25, 0.3) is 0 Å². The van der Waals surface area contributed by atoms with Crippen molar-refractivity contribution in [2.24, 2.45) is 0 Å². The molecule has 5 heteroatoms. The quantitative estimate of drug-likeness (QED) is 0.467. The van der Waals surface area contributed by atoms with Gasteiger partial charge in [-0.1, -0.05) is 6.58 Å². The van der Waals surface area contributed by atoms with E-state index in [9.17, 15) is 9.59 Å². The Morgan fingerprint density at radius 3 is 2.54 bits per heavy atom. The average molecular weight is 186 g/mol. The smallest absolute Gasteiger partial charge is 0.466 e. The van der Waals surface area contributed by atoms with Crippen LogP contribution in [0.4, 0.5) is 4.79 Å². The number of hydrogen-bond acceptors (Lipinski definition) is 5. The number of methoxy groups -OCH3 is 1. The summed E-state index contributed by atoms with van der Waals surface area (Å²) in [6, 6.07) is 0. The molecular formula is C8H10O5. The van der Waals surface area contributed by atoms with E-state index >= 15 is 0 Å². The summed E-state index contributed by atoms with van der Waals surface area (Å²) in [6.07, 6.45) is -2.03. The van der Waals surface area contributed by atoms with E-state index in [1.54, 1.807) is 6.92 Å². The second-order valence-corrected chi connectivity index (χ2v) is 2.63. The van der Waals surface area contributed by atoms with Crippen molar-refractivity contribution in [3.05, 3.63) is 12.2 Å². The highest BCUT2D eigenvalue weighted by Gasteiger charge is 2.37. The van der Waals surface area contributed by atoms with Crippen LogP contribution >= 0.6 is 0 Å². The number of carbonyl (C=O) groups excluding carboxylic acids is 2. The van der Waals surface area contributed by atoms with E-state index in [1.807, 2.05) is 0 Å². The van der Waals surface area contributed by atoms with Crippen molar-refractivity contribution in [3.63, 3.8) is 0 Å². The Balaban J connectivity index is 2.67. The zero-order chi connectivity index (χ0) is 10.0. The van der Waals surface area contributed by atoms with Gasteiger partial charge in [0.1, 0.15) is 6.10 Å². The molecule has 1 aliphatic rings. The zero-order valence-corrected chi connectivity index (χ0v) is 7.40. The molecule has 0 aromatic carbocycles. The predicted molar refractivity (Wildman–Crippen MR) is 42.0 cm³/mol. The molecule has 5 nitrogen and oxygen atoms in total. The predicted octanol–water partition coefficient (Wildman–Crippen LogP) is 0.639. The van der Waals surface area contributed by atoms with Crippen molar-refractivity contribution >= 4 is 12.1 Å². The van der Waals surface area contributed by atoms with Gasteiger partial charge in [-0.2, -0.15) is 0 Å². The number of carbonyl (C=O) groups is 2. The number of ether oxygens (including phenoxy) is 3. The second kappa shape index (κ2) is 3.47. The SMILES string of the molecule is C=C(C(=O)OC)C1OC(=O)OC1C. The molecule has 0 aromatic heterocycles. The summed E-state index contributed by atoms with van der Waals surface area (Å²) < 4.78 is 13.8. The van der Waals surface area contributed by atoms with Gasteiger partial charge in [-0.25, -0.2) is 9.59 Å². The van der Waals surface area contributed by atoms with Crippen molar-refractivity contribution in [2.45, 2.75) is 19.1 Å². The third kappa shape index (κ3) is 1.80. The first-order chi connectivity index (χ1) is 6.06. The molecule has 1 heterocycles. The van der Waals surface area contributed by atoms with Crippen molar-refractivity contribution in [1.29, 1.82) is 0 Å². The van der Waals surface area contributed by atoms with Crippen LogP contribution in [0, 0.1) is 0 Å². The summed E-state index contributed by atoms with van der Waals surface area (Å²) in [7, 11) is 1.23. The molecule has 0 aliphatic carbocycles. The topological polar surface area (TPSA) is 61.8 Å². The first-order valence-corrected chi connectivity index (χ1v) is 3.70. The first-order valence-electron chi connectivity index (χ1n) is 3.70. The molecule has 0 bridgehead atoms. The Labute approximate surface area is 75.3 Å². The minimum Gasteiger partial charge on any atom is -0.466 e. The molecule has 13 heavy (non-hydrogen) atoms. The number of cyclic esters (lactones) is 2. The molecule has 1 fully saturated rings. The van der Waals surface area contributed by atoms with Crippen molar-refractivity contribution in [3.8, 4) is 0 Å². The van der Waals surface area contributed by atoms with Crippen molar-refractivity contribution in [1.82, 2.24) is 0 Å². The average Bonchev–Trinajstić information content (AvgIpc) is 2.42. The summed E-state index contributed by atoms with van der Waals surface area (Å²) in [4.78, 5) is 21.6. The Morgan fingerprint density at radius 2 is 2.15 bits per heavy atom. The molecule has 1 aliphatic heterocycles. The summed E-state index contributed by atoms with van der Waals surface area (Å²) in [5, 5.41) is 0. The van der Waals surface area contributed by atoms with Gasteiger partial charge < -0.3 is 14.2 Å². The fraction of sp³-hybridized carbons (Fsp3) is 0.500. The maximum atomic E-state index is 11.0. The molecule has 0 N–H and O–H groups in total. The summed E-state index contributed by atoms with van der Waals surface area (Å²) >= 11 is 0. The van der Waals surface area contributed by atoms with Crippen molar-refractivity contribution in [2.75, 3.05) is 7.11 Å². The molecule has 0 spiro atoms. The van der Waals surface area contributed by atoms with E-state index in [4.69, 9.17) is 4.74 Å². The maximum absolute atomic E-state index is 11.0. The molecule has 0 aromatic rings. The number of hydrogen-bond donors (Lipinski definition) is 0. The van der Waals surface area contributed by atoms with Crippen LogP contribution in [0.5, 0.6) is 0 Å². The summed E-state index contributed by atoms with van der Waals surface area (Å²) in [5.41, 5.74) is 0.0841. The largest absolute Gasteiger partial charge is 0.509 e. The van der Waals surface area contributed by atoms with E-state index in [0.717, 1.165) is 0 Å². The lowest BCUT2D eigenvalue weighted by Crippen LogP contribution is -2.26. The molecule has 0 radical (unpaired) electrons. The lowest BCUT2D eigenvalue weighted by molar-refractivity contribution is -0.137. The van der Waals surface area contributed by atoms with Gasteiger partial charge in [0, 0.05) is 0 Å². The van der Waals surface area contributed by atoms with Gasteiger partial charge in [0.05, 0.1) is 12.7 Å². The van der Waals surface area contributed by atoms with Gasteiger partial charge in [-0.05, 0) is 6.92 Å². The molecule has 2 unspecified atom stereocenters. The highest BCUT2D eigenvalue weighted by atomic mass is 16.8. The molecule has 0 saturated carbocycles. The van der Waals surface area contributed by atoms with Gasteiger partial charge in [-0.15, -0.1) is 0 Å². The normalized spacial score (nSPS) is 26.2. The molecule has 72 valence electrons. The third-order valence-electron chi connectivity index (χ3n) is 1.72. The molecule has 0 amide bonds. The van der Waals surface area contributed by atoms with Crippen molar-refractivity contribution < 1.29 is 23.8 Å². The number of rotatable bonds is 2. The molecule has 2 atom stereocenters. The van der Waals surface area contributed by atoms with E-state index in [-0.39, 0.29) is 5.57 Å². The number of esters is 1. The zero-order valence-electron chi connectivity index (χ0n) is 7.40. The van der Waals surface area contributed by atoms with E-state index in [2.05, 4.69) is 16.1 Å². The van der Waals surface area contributed by atoms with E-state index in [0.29, 0.717) is 0 Å². The Hall–Kier alpha value is -1.52. The monoisotopic (exact) mass is 186 g/mol. The maximum Gasteiger partial charge on any atom is 0.509 e. The minimum atomic E-state index is -0.789. The van der Waals surface area contributed by atoms with E-state index in [1.165, 1.54) is 7.11 Å². The minimum absolute atomic E-state index is 0.0841. The van der Waals surface area contributed by atoms with E-state index < -0.39 is 24.3 Å². The Bertz CT molecular complexity index is 257. The van der Waals surface area contributed by atoms with Gasteiger partial charge in [-0.3, -0.25) is 0 Å². The first kappa shape index (κ1) is 9.57. The van der Waals surface area contributed by atoms with Gasteiger partial charge >= 0.3 is 12.1 Å². The van der Waals surface area contributed by atoms with Crippen LogP contribution < -0.4 is 0 Å². The molecule has 1 saturated heterocycles. The molecular weight excluding hydrogens is 176 g/mol. The molecule has 1 rings (SSSR count).